The van der Waals surface area contributed by atoms with Gasteiger partial charge in [0, 0.05) is 13.1 Å². The molecule has 1 aromatic carbocycles. The van der Waals surface area contributed by atoms with Crippen molar-refractivity contribution in [2.45, 2.75) is 32.4 Å². The van der Waals surface area contributed by atoms with Gasteiger partial charge >= 0.3 is 5.97 Å². The van der Waals surface area contributed by atoms with Gasteiger partial charge in [-0.15, -0.1) is 0 Å². The van der Waals surface area contributed by atoms with E-state index in [4.69, 9.17) is 5.11 Å². The second-order valence-electron chi connectivity index (χ2n) is 5.45. The number of amides is 1. The summed E-state index contributed by atoms with van der Waals surface area (Å²) in [4.78, 5) is 23.5. The standard InChI is InChI=1S/C15H20N2O3/c1-9(2)13(15(19)20)17-14(18)12-8-16-7-10-5-3-4-6-11(10)12/h3-6,9,12-13,16H,7-8H2,1-2H3,(H,17,18)(H,19,20)/t12?,13-/m1/s1. The highest BCUT2D eigenvalue weighted by Gasteiger charge is 2.30. The lowest BCUT2D eigenvalue weighted by molar-refractivity contribution is -0.143. The van der Waals surface area contributed by atoms with Crippen LogP contribution in [0.15, 0.2) is 24.3 Å². The predicted octanol–water partition coefficient (Wildman–Crippen LogP) is 1.10. The molecule has 0 saturated carbocycles. The molecular weight excluding hydrogens is 256 g/mol. The minimum absolute atomic E-state index is 0.150. The minimum Gasteiger partial charge on any atom is -0.480 e. The quantitative estimate of drug-likeness (QED) is 0.769. The molecule has 0 bridgehead atoms. The van der Waals surface area contributed by atoms with E-state index in [1.54, 1.807) is 13.8 Å². The Kier molecular flexibility index (Phi) is 4.39. The molecule has 0 saturated heterocycles. The Morgan fingerprint density at radius 1 is 1.35 bits per heavy atom. The van der Waals surface area contributed by atoms with Gasteiger partial charge < -0.3 is 15.7 Å². The molecule has 1 aromatic rings. The van der Waals surface area contributed by atoms with Crippen LogP contribution in [0.2, 0.25) is 0 Å². The number of carboxylic acid groups (broad SMARTS) is 1. The average molecular weight is 276 g/mol. The van der Waals surface area contributed by atoms with Crippen LogP contribution in [0.4, 0.5) is 0 Å². The van der Waals surface area contributed by atoms with Gasteiger partial charge in [0.1, 0.15) is 6.04 Å². The van der Waals surface area contributed by atoms with Crippen molar-refractivity contribution < 1.29 is 14.7 Å². The number of carbonyl (C=O) groups excluding carboxylic acids is 1. The molecule has 5 heteroatoms. The summed E-state index contributed by atoms with van der Waals surface area (Å²) in [6, 6.07) is 6.91. The number of carboxylic acids is 1. The second kappa shape index (κ2) is 6.05. The Bertz CT molecular complexity index is 514. The molecule has 1 unspecified atom stereocenters. The second-order valence-corrected chi connectivity index (χ2v) is 5.45. The highest BCUT2D eigenvalue weighted by Crippen LogP contribution is 2.24. The molecule has 1 heterocycles. The van der Waals surface area contributed by atoms with Crippen molar-refractivity contribution in [1.29, 1.82) is 0 Å². The fourth-order valence-electron chi connectivity index (χ4n) is 2.50. The van der Waals surface area contributed by atoms with E-state index >= 15 is 0 Å². The van der Waals surface area contributed by atoms with Crippen LogP contribution >= 0.6 is 0 Å². The minimum atomic E-state index is -0.995. The molecule has 2 rings (SSSR count). The van der Waals surface area contributed by atoms with Crippen LogP contribution in [0.25, 0.3) is 0 Å². The Morgan fingerprint density at radius 2 is 2.05 bits per heavy atom. The average Bonchev–Trinajstić information content (AvgIpc) is 2.43. The molecule has 20 heavy (non-hydrogen) atoms. The van der Waals surface area contributed by atoms with Crippen LogP contribution in [0.3, 0.4) is 0 Å². The number of carbonyl (C=O) groups is 2. The number of hydrogen-bond donors (Lipinski definition) is 3. The summed E-state index contributed by atoms with van der Waals surface area (Å²) in [6.45, 7) is 4.85. The number of benzene rings is 1. The van der Waals surface area contributed by atoms with Gasteiger partial charge in [-0.05, 0) is 17.0 Å². The number of nitrogens with one attached hydrogen (secondary N) is 2. The van der Waals surface area contributed by atoms with Gasteiger partial charge in [-0.2, -0.15) is 0 Å². The van der Waals surface area contributed by atoms with E-state index in [9.17, 15) is 9.59 Å². The topological polar surface area (TPSA) is 78.4 Å². The van der Waals surface area contributed by atoms with Gasteiger partial charge in [0.15, 0.2) is 0 Å². The molecular formula is C15H20N2O3. The van der Waals surface area contributed by atoms with Crippen molar-refractivity contribution in [3.63, 3.8) is 0 Å². The maximum atomic E-state index is 12.4. The van der Waals surface area contributed by atoms with Crippen molar-refractivity contribution in [2.24, 2.45) is 5.92 Å². The van der Waals surface area contributed by atoms with Gasteiger partial charge in [0.05, 0.1) is 5.92 Å². The van der Waals surface area contributed by atoms with Crippen molar-refractivity contribution in [2.75, 3.05) is 6.54 Å². The zero-order valence-corrected chi connectivity index (χ0v) is 11.7. The summed E-state index contributed by atoms with van der Waals surface area (Å²) in [6.07, 6.45) is 0. The maximum absolute atomic E-state index is 12.4. The van der Waals surface area contributed by atoms with Crippen LogP contribution < -0.4 is 10.6 Å². The molecule has 5 nitrogen and oxygen atoms in total. The van der Waals surface area contributed by atoms with Crippen LogP contribution in [0, 0.1) is 5.92 Å². The summed E-state index contributed by atoms with van der Waals surface area (Å²) in [5.74, 6) is -1.71. The summed E-state index contributed by atoms with van der Waals surface area (Å²) in [5, 5.41) is 15.0. The zero-order chi connectivity index (χ0) is 14.7. The van der Waals surface area contributed by atoms with Crippen LogP contribution in [0.1, 0.15) is 30.9 Å². The van der Waals surface area contributed by atoms with Crippen molar-refractivity contribution in [3.8, 4) is 0 Å². The lowest BCUT2D eigenvalue weighted by atomic mass is 9.89. The lowest BCUT2D eigenvalue weighted by Gasteiger charge is -2.27. The van der Waals surface area contributed by atoms with E-state index in [0.717, 1.165) is 17.7 Å². The van der Waals surface area contributed by atoms with Gasteiger partial charge in [-0.1, -0.05) is 38.1 Å². The molecule has 0 radical (unpaired) electrons. The number of hydrogen-bond acceptors (Lipinski definition) is 3. The Hall–Kier alpha value is -1.88. The van der Waals surface area contributed by atoms with Gasteiger partial charge in [0.25, 0.3) is 0 Å². The van der Waals surface area contributed by atoms with Gasteiger partial charge in [-0.3, -0.25) is 4.79 Å². The van der Waals surface area contributed by atoms with E-state index in [-0.39, 0.29) is 17.7 Å². The normalized spacial score (nSPS) is 19.2. The summed E-state index contributed by atoms with van der Waals surface area (Å²) >= 11 is 0. The van der Waals surface area contributed by atoms with Gasteiger partial charge in [0.2, 0.25) is 5.91 Å². The van der Waals surface area contributed by atoms with E-state index in [0.29, 0.717) is 6.54 Å². The predicted molar refractivity (Wildman–Crippen MR) is 75.3 cm³/mol. The first-order valence-corrected chi connectivity index (χ1v) is 6.82. The first kappa shape index (κ1) is 14.5. The molecule has 1 aliphatic rings. The van der Waals surface area contributed by atoms with Gasteiger partial charge in [-0.25, -0.2) is 4.79 Å². The molecule has 0 aromatic heterocycles. The summed E-state index contributed by atoms with van der Waals surface area (Å²) in [7, 11) is 0. The number of aliphatic carboxylic acids is 1. The largest absolute Gasteiger partial charge is 0.480 e. The summed E-state index contributed by atoms with van der Waals surface area (Å²) in [5.41, 5.74) is 2.08. The molecule has 3 N–H and O–H groups in total. The first-order chi connectivity index (χ1) is 9.50. The fraction of sp³-hybridized carbons (Fsp3) is 0.467. The van der Waals surface area contributed by atoms with E-state index in [1.807, 2.05) is 24.3 Å². The third-order valence-corrected chi connectivity index (χ3v) is 3.64. The first-order valence-electron chi connectivity index (χ1n) is 6.82. The Labute approximate surface area is 118 Å². The number of rotatable bonds is 4. The van der Waals surface area contributed by atoms with Crippen LogP contribution in [-0.4, -0.2) is 29.6 Å². The third-order valence-electron chi connectivity index (χ3n) is 3.64. The van der Waals surface area contributed by atoms with Crippen LogP contribution in [0.5, 0.6) is 0 Å². The highest BCUT2D eigenvalue weighted by atomic mass is 16.4. The highest BCUT2D eigenvalue weighted by molar-refractivity contribution is 5.88. The smallest absolute Gasteiger partial charge is 0.326 e. The molecule has 0 aliphatic carbocycles. The monoisotopic (exact) mass is 276 g/mol. The van der Waals surface area contributed by atoms with E-state index in [1.165, 1.54) is 0 Å². The fourth-order valence-corrected chi connectivity index (χ4v) is 2.50. The van der Waals surface area contributed by atoms with Crippen molar-refractivity contribution in [3.05, 3.63) is 35.4 Å². The lowest BCUT2D eigenvalue weighted by Crippen LogP contribution is -2.48. The summed E-state index contributed by atoms with van der Waals surface area (Å²) < 4.78 is 0. The molecule has 0 fully saturated rings. The molecule has 2 atom stereocenters. The SMILES string of the molecule is CC(C)[C@@H](NC(=O)C1CNCc2ccccc21)C(=O)O. The Morgan fingerprint density at radius 3 is 2.70 bits per heavy atom. The maximum Gasteiger partial charge on any atom is 0.326 e. The molecule has 1 amide bonds. The van der Waals surface area contributed by atoms with Crippen LogP contribution in [-0.2, 0) is 16.1 Å². The Balaban J connectivity index is 2.16. The molecule has 0 spiro atoms. The zero-order valence-electron chi connectivity index (χ0n) is 11.7. The van der Waals surface area contributed by atoms with E-state index in [2.05, 4.69) is 10.6 Å². The molecule has 1 aliphatic heterocycles. The van der Waals surface area contributed by atoms with Crippen molar-refractivity contribution >= 4 is 11.9 Å². The van der Waals surface area contributed by atoms with Crippen molar-refractivity contribution in [1.82, 2.24) is 10.6 Å². The third kappa shape index (κ3) is 2.99. The van der Waals surface area contributed by atoms with E-state index < -0.39 is 12.0 Å². The molecule has 108 valence electrons. The number of fused-ring (bicyclic) bond motifs is 1.